The van der Waals surface area contributed by atoms with Gasteiger partial charge in [0.15, 0.2) is 26.3 Å². The lowest BCUT2D eigenvalue weighted by Crippen LogP contribution is -2.40. The molecule has 0 spiro atoms. The van der Waals surface area contributed by atoms with Crippen LogP contribution in [0, 0.1) is 0 Å². The topological polar surface area (TPSA) is 295 Å². The fourth-order valence-electron chi connectivity index (χ4n) is 15.9. The Balaban J connectivity index is 0.000000150. The molecule has 4 aromatic heterocycles. The van der Waals surface area contributed by atoms with E-state index in [4.69, 9.17) is 28.7 Å². The molecule has 11 N–H and O–H groups in total. The minimum Gasteiger partial charge on any atom is -0.375 e. The monoisotopic (exact) mass is 1620 g/mol. The highest BCUT2D eigenvalue weighted by Gasteiger charge is 2.37. The standard InChI is InChI=1S/C26H33N3OS.C22H28N4O2S.C14H26N4S.C12H12BrNO2.C10H17N3S/c1-2-15-29(22-13-14-23-25(18-22)31-26(27)28-23)16-7-3-4-10-24(30)21-12-11-19-8-5-6-9-20(19)17-21;1-2-11-25(15-9-10-18-19(14-15)29-22(23)24-18)12-5-6-13-26-20(27)16-7-3-4-8-17(16)21(26)28;1-2-8-18(9-4-3-7-15)11-5-6-12-13(10-11)19-14(16)17-12;13-7-3-4-8-14-11(15)9-5-1-2-6-10(9)12(14)16;1-2-5-12-7-3-4-8-9(6-7)14-10(11)13-8/h5-6,8-9,11-12,17,22H,2-4,7,10,13-16,18H2,1H3,(H2,27,28);3-4,7-8,15H,2,5-6,9-14H2,1H3,(H2,23,24);11H,2-10,15H2,1H3,(H2,16,17);1-2,5-6H,3-4,7-8H2;7,12H,2-6H2,1H3,(H2,11,13)/t22-;15-;11-;;7-/m000.0/s1. The van der Waals surface area contributed by atoms with Crippen molar-refractivity contribution < 1.29 is 24.0 Å². The van der Waals surface area contributed by atoms with Crippen LogP contribution in [0.25, 0.3) is 10.8 Å². The highest BCUT2D eigenvalue weighted by atomic mass is 79.9. The quantitative estimate of drug-likeness (QED) is 0.00988. The Morgan fingerprint density at radius 2 is 0.844 bits per heavy atom. The summed E-state index contributed by atoms with van der Waals surface area (Å²) in [7, 11) is 0. The Kier molecular flexibility index (Phi) is 33.5. The summed E-state index contributed by atoms with van der Waals surface area (Å²) < 4.78 is 0. The van der Waals surface area contributed by atoms with Gasteiger partial charge >= 0.3 is 0 Å². The average Bonchev–Trinajstić information content (AvgIpc) is 1.66. The minimum absolute atomic E-state index is 0.154. The van der Waals surface area contributed by atoms with Gasteiger partial charge in [-0.1, -0.05) is 111 Å². The fraction of sp³-hybridized carbons (Fsp3) is 0.536. The molecule has 6 heterocycles. The SMILES string of the molecule is CCCN(CCCCCC(=O)c1ccc2ccccc2c1)[C@H]1CCc2nc(N)sc2C1.CCCN(CCCCN)[C@H]1CCc2nc(N)sc2C1.CCCN(CCCCN1C(=O)c2ccccc2C1=O)[C@H]1CCc2nc(N)sc2C1.CCCN[C@H]1CCc2nc(N)sc2C1.O=C1c2ccccc2C(=O)N1CCCCBr. The first kappa shape index (κ1) is 84.5. The number of carbonyl (C=O) groups is 5. The second-order valence-electron chi connectivity index (χ2n) is 29.4. The van der Waals surface area contributed by atoms with Gasteiger partial charge in [-0.3, -0.25) is 33.8 Å². The van der Waals surface area contributed by atoms with Crippen LogP contribution in [0.1, 0.15) is 237 Å². The summed E-state index contributed by atoms with van der Waals surface area (Å²) in [4.78, 5) is 95.2. The number of hydrogen-bond acceptors (Lipinski definition) is 22. The first-order chi connectivity index (χ1) is 53.0. The van der Waals surface area contributed by atoms with Crippen molar-refractivity contribution in [2.45, 2.75) is 219 Å². The van der Waals surface area contributed by atoms with Crippen molar-refractivity contribution in [1.82, 2.24) is 49.8 Å². The predicted molar refractivity (Wildman–Crippen MR) is 454 cm³/mol. The number of nitrogens with zero attached hydrogens (tertiary/aromatic N) is 9. The summed E-state index contributed by atoms with van der Waals surface area (Å²) in [6, 6.07) is 30.8. The van der Waals surface area contributed by atoms with Crippen molar-refractivity contribution in [3.63, 3.8) is 0 Å². The predicted octanol–water partition coefficient (Wildman–Crippen LogP) is 15.3. The number of Topliss-reactive ketones (excluding diaryl/α,β-unsaturated/α-hetero) is 1. The van der Waals surface area contributed by atoms with Crippen LogP contribution < -0.4 is 34.0 Å². The normalized spacial score (nSPS) is 17.5. The first-order valence-corrected chi connectivity index (χ1v) is 44.5. The number of nitrogen functional groups attached to an aromatic ring is 4. The summed E-state index contributed by atoms with van der Waals surface area (Å²) in [6.07, 6.45) is 27.8. The van der Waals surface area contributed by atoms with E-state index in [0.717, 1.165) is 181 Å². The van der Waals surface area contributed by atoms with Gasteiger partial charge in [0.2, 0.25) is 0 Å². The zero-order chi connectivity index (χ0) is 77.2. The third kappa shape index (κ3) is 23.6. The largest absolute Gasteiger partial charge is 0.375 e. The van der Waals surface area contributed by atoms with Crippen LogP contribution in [0.5, 0.6) is 0 Å². The van der Waals surface area contributed by atoms with Gasteiger partial charge in [0.1, 0.15) is 0 Å². The molecule has 588 valence electrons. The number of halogens is 1. The van der Waals surface area contributed by atoms with Crippen LogP contribution in [-0.2, 0) is 51.4 Å². The van der Waals surface area contributed by atoms with Gasteiger partial charge in [0.05, 0.1) is 45.0 Å². The molecule has 25 heteroatoms. The maximum atomic E-state index is 12.6. The van der Waals surface area contributed by atoms with Crippen LogP contribution in [0.15, 0.2) is 91.0 Å². The third-order valence-electron chi connectivity index (χ3n) is 21.4. The molecule has 0 saturated heterocycles. The first-order valence-electron chi connectivity index (χ1n) is 40.1. The van der Waals surface area contributed by atoms with E-state index >= 15 is 0 Å². The number of ketones is 1. The highest BCUT2D eigenvalue weighted by molar-refractivity contribution is 9.09. The summed E-state index contributed by atoms with van der Waals surface area (Å²) in [5, 5.41) is 9.64. The Labute approximate surface area is 670 Å². The van der Waals surface area contributed by atoms with Gasteiger partial charge in [-0.25, -0.2) is 19.9 Å². The van der Waals surface area contributed by atoms with Crippen LogP contribution in [0.4, 0.5) is 20.5 Å². The molecule has 0 bridgehead atoms. The van der Waals surface area contributed by atoms with Crippen LogP contribution in [-0.4, -0.2) is 169 Å². The number of unbranched alkanes of at least 4 members (excludes halogenated alkanes) is 5. The van der Waals surface area contributed by atoms with Crippen molar-refractivity contribution in [1.29, 1.82) is 0 Å². The van der Waals surface area contributed by atoms with Gasteiger partial charge in [-0.05, 0) is 248 Å². The van der Waals surface area contributed by atoms with Gasteiger partial charge in [0.25, 0.3) is 23.6 Å². The second kappa shape index (κ2) is 43.2. The molecule has 0 fully saturated rings. The summed E-state index contributed by atoms with van der Waals surface area (Å²) in [5.41, 5.74) is 36.8. The average molecular weight is 1620 g/mol. The smallest absolute Gasteiger partial charge is 0.261 e. The Morgan fingerprint density at radius 1 is 0.459 bits per heavy atom. The summed E-state index contributed by atoms with van der Waals surface area (Å²) >= 11 is 9.95. The number of benzene rings is 4. The van der Waals surface area contributed by atoms with E-state index < -0.39 is 0 Å². The zero-order valence-electron chi connectivity index (χ0n) is 64.6. The molecule has 0 radical (unpaired) electrons. The number of rotatable bonds is 32. The number of nitrogens with two attached hydrogens (primary N) is 5. The molecule has 4 atom stereocenters. The van der Waals surface area contributed by atoms with Crippen LogP contribution in [0.3, 0.4) is 0 Å². The number of thiazole rings is 4. The van der Waals surface area contributed by atoms with E-state index in [0.29, 0.717) is 76.2 Å². The van der Waals surface area contributed by atoms with Crippen molar-refractivity contribution in [3.05, 3.63) is 161 Å². The zero-order valence-corrected chi connectivity index (χ0v) is 69.4. The van der Waals surface area contributed by atoms with Gasteiger partial charge < -0.3 is 48.7 Å². The van der Waals surface area contributed by atoms with Crippen molar-refractivity contribution in [2.75, 3.05) is 93.7 Å². The number of anilines is 4. The summed E-state index contributed by atoms with van der Waals surface area (Å²) in [5.74, 6) is -0.360. The number of fused-ring (bicyclic) bond motifs is 7. The number of nitrogens with one attached hydrogen (secondary N) is 1. The Hall–Kier alpha value is -6.91. The molecule has 109 heavy (non-hydrogen) atoms. The number of aromatic nitrogens is 4. The van der Waals surface area contributed by atoms with Crippen LogP contribution in [0.2, 0.25) is 0 Å². The third-order valence-corrected chi connectivity index (χ3v) is 25.8. The molecule has 0 saturated carbocycles. The Morgan fingerprint density at radius 3 is 1.26 bits per heavy atom. The number of carbonyl (C=O) groups excluding carboxylic acids is 5. The second-order valence-corrected chi connectivity index (χ2v) is 34.6. The van der Waals surface area contributed by atoms with Gasteiger partial charge in [-0.15, -0.1) is 45.3 Å². The van der Waals surface area contributed by atoms with E-state index in [9.17, 15) is 24.0 Å². The molecule has 0 unspecified atom stereocenters. The van der Waals surface area contributed by atoms with Crippen molar-refractivity contribution in [2.24, 2.45) is 5.73 Å². The molecular weight excluding hydrogens is 1510 g/mol. The molecule has 20 nitrogen and oxygen atoms in total. The van der Waals surface area contributed by atoms with E-state index in [1.54, 1.807) is 81.7 Å². The Bertz CT molecular complexity index is 4180. The van der Waals surface area contributed by atoms with Crippen molar-refractivity contribution in [3.8, 4) is 0 Å². The maximum Gasteiger partial charge on any atom is 0.261 e. The number of imide groups is 2. The molecule has 4 amide bonds. The molecule has 14 rings (SSSR count). The van der Waals surface area contributed by atoms with E-state index in [-0.39, 0.29) is 29.4 Å². The number of amides is 4. The van der Waals surface area contributed by atoms with Gasteiger partial charge in [0, 0.05) is 74.1 Å². The lowest BCUT2D eigenvalue weighted by Gasteiger charge is -2.33. The number of alkyl halides is 1. The van der Waals surface area contributed by atoms with Gasteiger partial charge in [-0.2, -0.15) is 0 Å². The molecule has 8 aromatic rings. The summed E-state index contributed by atoms with van der Waals surface area (Å²) in [6.45, 7) is 18.6. The molecule has 2 aliphatic heterocycles. The lowest BCUT2D eigenvalue weighted by atomic mass is 9.95. The molecule has 4 aliphatic carbocycles. The van der Waals surface area contributed by atoms with Crippen LogP contribution >= 0.6 is 61.3 Å². The number of hydrogen-bond donors (Lipinski definition) is 6. The van der Waals surface area contributed by atoms with E-state index in [2.05, 4.69) is 102 Å². The number of aryl methyl sites for hydroxylation is 4. The minimum atomic E-state index is -0.157. The van der Waals surface area contributed by atoms with E-state index in [1.807, 2.05) is 36.4 Å². The van der Waals surface area contributed by atoms with Crippen molar-refractivity contribution >= 4 is 122 Å². The van der Waals surface area contributed by atoms with E-state index in [1.165, 1.54) is 116 Å². The highest BCUT2D eigenvalue weighted by Crippen LogP contribution is 2.35. The lowest BCUT2D eigenvalue weighted by molar-refractivity contribution is 0.0635. The molecule has 4 aromatic carbocycles. The molecular formula is C84H116BrN15O5S4. The maximum absolute atomic E-state index is 12.6. The molecule has 6 aliphatic rings. The fourth-order valence-corrected chi connectivity index (χ4v) is 20.1.